The van der Waals surface area contributed by atoms with Crippen molar-refractivity contribution in [2.75, 3.05) is 6.61 Å². The number of hydrogen-bond donors (Lipinski definition) is 0. The normalized spacial score (nSPS) is 10.5. The van der Waals surface area contributed by atoms with Gasteiger partial charge in [-0.1, -0.05) is 0 Å². The lowest BCUT2D eigenvalue weighted by Gasteiger charge is -1.95. The van der Waals surface area contributed by atoms with E-state index in [2.05, 4.69) is 0 Å². The Bertz CT molecular complexity index is 399. The van der Waals surface area contributed by atoms with Crippen molar-refractivity contribution in [3.8, 4) is 0 Å². The van der Waals surface area contributed by atoms with Crippen LogP contribution >= 0.6 is 22.7 Å². The maximum atomic E-state index is 11.3. The molecule has 0 aliphatic rings. The summed E-state index contributed by atoms with van der Waals surface area (Å²) in [4.78, 5) is 12.0. The molecule has 2 heterocycles. The van der Waals surface area contributed by atoms with Gasteiger partial charge in [0.15, 0.2) is 0 Å². The van der Waals surface area contributed by atoms with Gasteiger partial charge in [0.2, 0.25) is 0 Å². The van der Waals surface area contributed by atoms with Gasteiger partial charge in [0, 0.05) is 9.40 Å². The van der Waals surface area contributed by atoms with Gasteiger partial charge in [-0.05, 0) is 24.4 Å². The molecule has 2 nitrogen and oxygen atoms in total. The first-order valence-corrected chi connectivity index (χ1v) is 5.65. The molecule has 0 bridgehead atoms. The van der Waals surface area contributed by atoms with E-state index in [1.54, 1.807) is 11.3 Å². The molecule has 0 amide bonds. The van der Waals surface area contributed by atoms with Crippen molar-refractivity contribution in [2.45, 2.75) is 6.92 Å². The number of ether oxygens (including phenoxy) is 1. The van der Waals surface area contributed by atoms with Crippen LogP contribution in [0.2, 0.25) is 0 Å². The molecule has 2 aromatic rings. The number of esters is 1. The van der Waals surface area contributed by atoms with Crippen molar-refractivity contribution in [2.24, 2.45) is 0 Å². The molecular formula is C9H8O2S2. The van der Waals surface area contributed by atoms with E-state index >= 15 is 0 Å². The van der Waals surface area contributed by atoms with Crippen LogP contribution in [0.4, 0.5) is 0 Å². The third-order valence-corrected chi connectivity index (χ3v) is 3.69. The van der Waals surface area contributed by atoms with Gasteiger partial charge >= 0.3 is 5.97 Å². The van der Waals surface area contributed by atoms with E-state index in [4.69, 9.17) is 4.74 Å². The van der Waals surface area contributed by atoms with E-state index < -0.39 is 0 Å². The average molecular weight is 212 g/mol. The summed E-state index contributed by atoms with van der Waals surface area (Å²) in [5.41, 5.74) is 0. The van der Waals surface area contributed by atoms with Crippen molar-refractivity contribution in [1.29, 1.82) is 0 Å². The number of fused-ring (bicyclic) bond motifs is 1. The molecular weight excluding hydrogens is 204 g/mol. The second kappa shape index (κ2) is 3.47. The van der Waals surface area contributed by atoms with E-state index in [1.165, 1.54) is 11.3 Å². The molecule has 4 heteroatoms. The van der Waals surface area contributed by atoms with Crippen LogP contribution in [0.5, 0.6) is 0 Å². The fourth-order valence-corrected chi connectivity index (χ4v) is 3.07. The number of carbonyl (C=O) groups excluding carboxylic acids is 1. The molecule has 0 spiro atoms. The molecule has 0 atom stereocenters. The Morgan fingerprint density at radius 3 is 3.08 bits per heavy atom. The van der Waals surface area contributed by atoms with Crippen LogP contribution in [0, 0.1) is 0 Å². The summed E-state index contributed by atoms with van der Waals surface area (Å²) in [6.45, 7) is 2.25. The van der Waals surface area contributed by atoms with Gasteiger partial charge < -0.3 is 4.74 Å². The summed E-state index contributed by atoms with van der Waals surface area (Å²) < 4.78 is 7.22. The molecule has 2 rings (SSSR count). The molecule has 0 saturated heterocycles. The van der Waals surface area contributed by atoms with E-state index in [1.807, 2.05) is 24.4 Å². The highest BCUT2D eigenvalue weighted by molar-refractivity contribution is 7.27. The molecule has 68 valence electrons. The zero-order valence-corrected chi connectivity index (χ0v) is 8.71. The van der Waals surface area contributed by atoms with Crippen LogP contribution in [-0.4, -0.2) is 12.6 Å². The summed E-state index contributed by atoms with van der Waals surface area (Å²) in [6, 6.07) is 3.91. The molecule has 0 unspecified atom stereocenters. The summed E-state index contributed by atoms with van der Waals surface area (Å²) in [5, 5.41) is 2.02. The van der Waals surface area contributed by atoms with Gasteiger partial charge in [-0.3, -0.25) is 0 Å². The standard InChI is InChI=1S/C9H8O2S2/c1-2-11-9(10)8-5-7-6(13-8)3-4-12-7/h3-5H,2H2,1H3. The van der Waals surface area contributed by atoms with Crippen molar-refractivity contribution < 1.29 is 9.53 Å². The summed E-state index contributed by atoms with van der Waals surface area (Å²) in [7, 11) is 0. The molecule has 2 aromatic heterocycles. The van der Waals surface area contributed by atoms with Crippen LogP contribution in [0.25, 0.3) is 9.40 Å². The van der Waals surface area contributed by atoms with Gasteiger partial charge in [-0.15, -0.1) is 22.7 Å². The smallest absolute Gasteiger partial charge is 0.348 e. The fraction of sp³-hybridized carbons (Fsp3) is 0.222. The van der Waals surface area contributed by atoms with Crippen LogP contribution in [0.1, 0.15) is 16.6 Å². The first-order valence-electron chi connectivity index (χ1n) is 3.95. The third kappa shape index (κ3) is 1.59. The molecule has 0 aromatic carbocycles. The predicted molar refractivity (Wildman–Crippen MR) is 55.7 cm³/mol. The Kier molecular flexibility index (Phi) is 2.33. The highest BCUT2D eigenvalue weighted by Crippen LogP contribution is 2.30. The molecule has 0 aliphatic heterocycles. The number of rotatable bonds is 2. The van der Waals surface area contributed by atoms with Gasteiger partial charge in [0.05, 0.1) is 6.61 Å². The highest BCUT2D eigenvalue weighted by Gasteiger charge is 2.10. The van der Waals surface area contributed by atoms with Crippen molar-refractivity contribution >= 4 is 38.0 Å². The molecule has 0 aliphatic carbocycles. The first kappa shape index (κ1) is 8.72. The highest BCUT2D eigenvalue weighted by atomic mass is 32.1. The second-order valence-electron chi connectivity index (χ2n) is 2.48. The van der Waals surface area contributed by atoms with Crippen molar-refractivity contribution in [1.82, 2.24) is 0 Å². The Labute approximate surface area is 83.8 Å². The first-order chi connectivity index (χ1) is 6.31. The Balaban J connectivity index is 2.34. The van der Waals surface area contributed by atoms with Crippen LogP contribution < -0.4 is 0 Å². The predicted octanol–water partition coefficient (Wildman–Crippen LogP) is 3.14. The molecule has 0 N–H and O–H groups in total. The van der Waals surface area contributed by atoms with Gasteiger partial charge in [-0.25, -0.2) is 4.79 Å². The SMILES string of the molecule is CCOC(=O)c1cc2sccc2s1. The van der Waals surface area contributed by atoms with Crippen LogP contribution in [0.3, 0.4) is 0 Å². The number of thiophene rings is 2. The quantitative estimate of drug-likeness (QED) is 0.715. The second-order valence-corrected chi connectivity index (χ2v) is 4.51. The molecule has 13 heavy (non-hydrogen) atoms. The lowest BCUT2D eigenvalue weighted by molar-refractivity contribution is 0.0532. The van der Waals surface area contributed by atoms with Gasteiger partial charge in [0.1, 0.15) is 4.88 Å². The van der Waals surface area contributed by atoms with Crippen LogP contribution in [0.15, 0.2) is 17.5 Å². The Hall–Kier alpha value is -0.870. The van der Waals surface area contributed by atoms with E-state index in [0.29, 0.717) is 11.5 Å². The Morgan fingerprint density at radius 1 is 1.54 bits per heavy atom. The van der Waals surface area contributed by atoms with Crippen LogP contribution in [-0.2, 0) is 4.74 Å². The zero-order valence-electron chi connectivity index (χ0n) is 7.07. The summed E-state index contributed by atoms with van der Waals surface area (Å²) >= 11 is 3.13. The lowest BCUT2D eigenvalue weighted by Crippen LogP contribution is -2.01. The van der Waals surface area contributed by atoms with Crippen molar-refractivity contribution in [3.63, 3.8) is 0 Å². The minimum Gasteiger partial charge on any atom is -0.462 e. The van der Waals surface area contributed by atoms with E-state index in [0.717, 1.165) is 9.40 Å². The summed E-state index contributed by atoms with van der Waals surface area (Å²) in [6.07, 6.45) is 0. The maximum Gasteiger partial charge on any atom is 0.348 e. The molecule has 0 saturated carbocycles. The fourth-order valence-electron chi connectivity index (χ4n) is 1.07. The monoisotopic (exact) mass is 212 g/mol. The minimum absolute atomic E-state index is 0.212. The van der Waals surface area contributed by atoms with E-state index in [-0.39, 0.29) is 5.97 Å². The Morgan fingerprint density at radius 2 is 2.38 bits per heavy atom. The maximum absolute atomic E-state index is 11.3. The summed E-state index contributed by atoms with van der Waals surface area (Å²) in [5.74, 6) is -0.212. The van der Waals surface area contributed by atoms with Crippen molar-refractivity contribution in [3.05, 3.63) is 22.4 Å². The topological polar surface area (TPSA) is 26.3 Å². The molecule has 0 fully saturated rings. The molecule has 0 radical (unpaired) electrons. The zero-order chi connectivity index (χ0) is 9.26. The number of hydrogen-bond acceptors (Lipinski definition) is 4. The minimum atomic E-state index is -0.212. The average Bonchev–Trinajstić information content (AvgIpc) is 2.61. The van der Waals surface area contributed by atoms with E-state index in [9.17, 15) is 4.79 Å². The van der Waals surface area contributed by atoms with Gasteiger partial charge in [0.25, 0.3) is 0 Å². The third-order valence-electron chi connectivity index (χ3n) is 1.62. The largest absolute Gasteiger partial charge is 0.462 e. The number of carbonyl (C=O) groups is 1. The van der Waals surface area contributed by atoms with Gasteiger partial charge in [-0.2, -0.15) is 0 Å². The lowest BCUT2D eigenvalue weighted by atomic mass is 10.4.